The van der Waals surface area contributed by atoms with Crippen molar-refractivity contribution in [3.8, 4) is 0 Å². The van der Waals surface area contributed by atoms with Crippen molar-refractivity contribution in [3.63, 3.8) is 0 Å². The molecule has 0 bridgehead atoms. The van der Waals surface area contributed by atoms with Gasteiger partial charge in [-0.25, -0.2) is 4.98 Å². The quantitative estimate of drug-likeness (QED) is 0.664. The number of nitrogens with one attached hydrogen (secondary N) is 1. The SMILES string of the molecule is O=C(NCc1ccco1)C(O)C(O)c1nc2ccccc2s1. The van der Waals surface area contributed by atoms with Gasteiger partial charge >= 0.3 is 0 Å². The van der Waals surface area contributed by atoms with Crippen LogP contribution in [0.25, 0.3) is 10.2 Å². The topological polar surface area (TPSA) is 95.6 Å². The number of amides is 1. The zero-order chi connectivity index (χ0) is 15.5. The average Bonchev–Trinajstić information content (AvgIpc) is 3.19. The number of aliphatic hydroxyl groups excluding tert-OH is 2. The van der Waals surface area contributed by atoms with E-state index in [1.165, 1.54) is 17.6 Å². The molecule has 2 unspecified atom stereocenters. The maximum atomic E-state index is 11.9. The lowest BCUT2D eigenvalue weighted by atomic mass is 10.2. The van der Waals surface area contributed by atoms with Crippen LogP contribution in [-0.4, -0.2) is 27.2 Å². The molecule has 0 spiro atoms. The summed E-state index contributed by atoms with van der Waals surface area (Å²) in [6.45, 7) is 0.148. The number of fused-ring (bicyclic) bond motifs is 1. The van der Waals surface area contributed by atoms with Crippen LogP contribution < -0.4 is 5.32 Å². The molecule has 0 aliphatic heterocycles. The summed E-state index contributed by atoms with van der Waals surface area (Å²) in [5.74, 6) is -0.113. The van der Waals surface area contributed by atoms with Crippen LogP contribution in [-0.2, 0) is 11.3 Å². The van der Waals surface area contributed by atoms with Crippen LogP contribution in [0.5, 0.6) is 0 Å². The lowest BCUT2D eigenvalue weighted by Gasteiger charge is -2.14. The molecule has 0 saturated heterocycles. The summed E-state index contributed by atoms with van der Waals surface area (Å²) in [5.41, 5.74) is 0.727. The standard InChI is InChI=1S/C15H14N2O4S/c18-12(14(20)16-8-9-4-3-7-21-9)13(19)15-17-10-5-1-2-6-11(10)22-15/h1-7,12-13,18-19H,8H2,(H,16,20). The van der Waals surface area contributed by atoms with E-state index >= 15 is 0 Å². The van der Waals surface area contributed by atoms with Gasteiger partial charge in [-0.2, -0.15) is 0 Å². The van der Waals surface area contributed by atoms with Gasteiger partial charge in [-0.15, -0.1) is 11.3 Å². The maximum Gasteiger partial charge on any atom is 0.252 e. The van der Waals surface area contributed by atoms with Crippen LogP contribution in [0.1, 0.15) is 16.9 Å². The summed E-state index contributed by atoms with van der Waals surface area (Å²) in [6.07, 6.45) is -1.46. The number of hydrogen-bond acceptors (Lipinski definition) is 6. The second kappa shape index (κ2) is 6.27. The first kappa shape index (κ1) is 14.7. The number of carbonyl (C=O) groups is 1. The van der Waals surface area contributed by atoms with Crippen LogP contribution >= 0.6 is 11.3 Å². The summed E-state index contributed by atoms with van der Waals surface area (Å²) in [4.78, 5) is 16.1. The highest BCUT2D eigenvalue weighted by Gasteiger charge is 2.28. The van der Waals surface area contributed by atoms with Crippen LogP contribution in [0.15, 0.2) is 47.1 Å². The lowest BCUT2D eigenvalue weighted by molar-refractivity contribution is -0.135. The fourth-order valence-electron chi connectivity index (χ4n) is 1.99. The maximum absolute atomic E-state index is 11.9. The monoisotopic (exact) mass is 318 g/mol. The van der Waals surface area contributed by atoms with Crippen LogP contribution in [0, 0.1) is 0 Å². The zero-order valence-electron chi connectivity index (χ0n) is 11.5. The number of thiazole rings is 1. The Morgan fingerprint density at radius 1 is 1.27 bits per heavy atom. The fraction of sp³-hybridized carbons (Fsp3) is 0.200. The highest BCUT2D eigenvalue weighted by Crippen LogP contribution is 2.27. The summed E-state index contributed by atoms with van der Waals surface area (Å²) in [5, 5.41) is 22.9. The smallest absolute Gasteiger partial charge is 0.252 e. The van der Waals surface area contributed by atoms with Gasteiger partial charge in [0.2, 0.25) is 0 Å². The first-order valence-corrected chi connectivity index (χ1v) is 7.48. The van der Waals surface area contributed by atoms with Gasteiger partial charge in [-0.3, -0.25) is 4.79 Å². The van der Waals surface area contributed by atoms with Crippen LogP contribution in [0.4, 0.5) is 0 Å². The number of benzene rings is 1. The van der Waals surface area contributed by atoms with E-state index in [0.29, 0.717) is 10.8 Å². The molecule has 3 rings (SSSR count). The summed E-state index contributed by atoms with van der Waals surface area (Å²) in [7, 11) is 0. The second-order valence-corrected chi connectivity index (χ2v) is 5.77. The Kier molecular flexibility index (Phi) is 4.19. The largest absolute Gasteiger partial charge is 0.467 e. The molecule has 1 amide bonds. The van der Waals surface area contributed by atoms with Crippen molar-refractivity contribution in [1.82, 2.24) is 10.3 Å². The Labute approximate surface area is 130 Å². The molecule has 0 fully saturated rings. The first-order chi connectivity index (χ1) is 10.6. The highest BCUT2D eigenvalue weighted by molar-refractivity contribution is 7.18. The number of aromatic nitrogens is 1. The molecule has 0 aliphatic rings. The van der Waals surface area contributed by atoms with E-state index in [1.807, 2.05) is 24.3 Å². The van der Waals surface area contributed by atoms with Crippen molar-refractivity contribution in [1.29, 1.82) is 0 Å². The molecular formula is C15H14N2O4S. The molecule has 114 valence electrons. The molecule has 2 atom stereocenters. The number of para-hydroxylation sites is 1. The average molecular weight is 318 g/mol. The minimum Gasteiger partial charge on any atom is -0.467 e. The molecule has 0 saturated carbocycles. The fourth-order valence-corrected chi connectivity index (χ4v) is 2.97. The zero-order valence-corrected chi connectivity index (χ0v) is 12.3. The van der Waals surface area contributed by atoms with Crippen molar-refractivity contribution >= 4 is 27.5 Å². The third kappa shape index (κ3) is 3.01. The molecule has 1 aromatic carbocycles. The Morgan fingerprint density at radius 2 is 2.09 bits per heavy atom. The molecule has 6 nitrogen and oxygen atoms in total. The van der Waals surface area contributed by atoms with Gasteiger partial charge in [0.25, 0.3) is 5.91 Å². The van der Waals surface area contributed by atoms with E-state index < -0.39 is 18.1 Å². The van der Waals surface area contributed by atoms with Crippen LogP contribution in [0.3, 0.4) is 0 Å². The van der Waals surface area contributed by atoms with E-state index in [0.717, 1.165) is 10.2 Å². The molecule has 7 heteroatoms. The van der Waals surface area contributed by atoms with Crippen molar-refractivity contribution in [3.05, 3.63) is 53.4 Å². The first-order valence-electron chi connectivity index (χ1n) is 6.67. The van der Waals surface area contributed by atoms with Crippen molar-refractivity contribution in [2.24, 2.45) is 0 Å². The van der Waals surface area contributed by atoms with Gasteiger partial charge in [0.1, 0.15) is 16.9 Å². The van der Waals surface area contributed by atoms with Crippen molar-refractivity contribution in [2.45, 2.75) is 18.8 Å². The summed E-state index contributed by atoms with van der Waals surface area (Å²) >= 11 is 1.25. The third-order valence-electron chi connectivity index (χ3n) is 3.15. The number of hydrogen-bond donors (Lipinski definition) is 3. The van der Waals surface area contributed by atoms with Gasteiger partial charge in [0.15, 0.2) is 6.10 Å². The highest BCUT2D eigenvalue weighted by atomic mass is 32.1. The molecule has 0 aliphatic carbocycles. The van der Waals surface area contributed by atoms with E-state index in [2.05, 4.69) is 10.3 Å². The molecule has 3 N–H and O–H groups in total. The number of carbonyl (C=O) groups excluding carboxylic acids is 1. The van der Waals surface area contributed by atoms with Gasteiger partial charge < -0.3 is 19.9 Å². The van der Waals surface area contributed by atoms with Gasteiger partial charge in [-0.1, -0.05) is 12.1 Å². The third-order valence-corrected chi connectivity index (χ3v) is 4.26. The Morgan fingerprint density at radius 3 is 2.82 bits per heavy atom. The lowest BCUT2D eigenvalue weighted by Crippen LogP contribution is -2.38. The van der Waals surface area contributed by atoms with Crippen molar-refractivity contribution in [2.75, 3.05) is 0 Å². The number of rotatable bonds is 5. The summed E-state index contributed by atoms with van der Waals surface area (Å²) < 4.78 is 5.97. The molecule has 3 aromatic rings. The van der Waals surface area contributed by atoms with E-state index in [9.17, 15) is 15.0 Å². The number of furan rings is 1. The van der Waals surface area contributed by atoms with E-state index in [1.54, 1.807) is 12.1 Å². The van der Waals surface area contributed by atoms with Crippen LogP contribution in [0.2, 0.25) is 0 Å². The minimum absolute atomic E-state index is 0.148. The molecule has 22 heavy (non-hydrogen) atoms. The predicted molar refractivity (Wildman–Crippen MR) is 81.1 cm³/mol. The number of nitrogens with zero attached hydrogens (tertiary/aromatic N) is 1. The Hall–Kier alpha value is -2.22. The van der Waals surface area contributed by atoms with Crippen molar-refractivity contribution < 1.29 is 19.4 Å². The second-order valence-electron chi connectivity index (χ2n) is 4.71. The van der Waals surface area contributed by atoms with E-state index in [-0.39, 0.29) is 6.54 Å². The summed E-state index contributed by atoms with van der Waals surface area (Å²) in [6, 6.07) is 10.8. The van der Waals surface area contributed by atoms with Gasteiger partial charge in [-0.05, 0) is 24.3 Å². The van der Waals surface area contributed by atoms with Gasteiger partial charge in [0.05, 0.1) is 23.0 Å². The predicted octanol–water partition coefficient (Wildman–Crippen LogP) is 1.60. The van der Waals surface area contributed by atoms with Gasteiger partial charge in [0, 0.05) is 0 Å². The Balaban J connectivity index is 1.67. The molecule has 0 radical (unpaired) electrons. The minimum atomic E-state index is -1.59. The number of aliphatic hydroxyl groups is 2. The normalized spacial score (nSPS) is 13.9. The molecule has 2 heterocycles. The van der Waals surface area contributed by atoms with E-state index in [4.69, 9.17) is 4.42 Å². The molecule has 2 aromatic heterocycles. The Bertz CT molecular complexity index is 736. The molecular weight excluding hydrogens is 304 g/mol.